The first kappa shape index (κ1) is 23.0. The summed E-state index contributed by atoms with van der Waals surface area (Å²) in [7, 11) is 1.39. The molecule has 33 heavy (non-hydrogen) atoms. The third kappa shape index (κ3) is 4.79. The van der Waals surface area contributed by atoms with Gasteiger partial charge in [-0.1, -0.05) is 35.9 Å². The highest BCUT2D eigenvalue weighted by atomic mass is 35.5. The average Bonchev–Trinajstić information content (AvgIpc) is 3.21. The van der Waals surface area contributed by atoms with Crippen LogP contribution < -0.4 is 0 Å². The van der Waals surface area contributed by atoms with E-state index in [1.807, 2.05) is 60.0 Å². The molecule has 1 amide bonds. The van der Waals surface area contributed by atoms with E-state index in [-0.39, 0.29) is 11.9 Å². The molecule has 7 nitrogen and oxygen atoms in total. The molecular formula is C25H27ClN4O3. The van der Waals surface area contributed by atoms with Gasteiger partial charge in [0.25, 0.3) is 5.91 Å². The summed E-state index contributed by atoms with van der Waals surface area (Å²) < 4.78 is 6.85. The highest BCUT2D eigenvalue weighted by Gasteiger charge is 2.33. The average molecular weight is 467 g/mol. The summed E-state index contributed by atoms with van der Waals surface area (Å²) in [6, 6.07) is 14.7. The van der Waals surface area contributed by atoms with Crippen molar-refractivity contribution < 1.29 is 14.3 Å². The fourth-order valence-electron chi connectivity index (χ4n) is 4.25. The summed E-state index contributed by atoms with van der Waals surface area (Å²) in [6.45, 7) is 6.06. The Hall–Kier alpha value is -3.16. The van der Waals surface area contributed by atoms with Crippen LogP contribution in [0.4, 0.5) is 0 Å². The van der Waals surface area contributed by atoms with Crippen molar-refractivity contribution >= 4 is 23.5 Å². The van der Waals surface area contributed by atoms with Gasteiger partial charge in [0.1, 0.15) is 6.04 Å². The molecule has 8 heteroatoms. The van der Waals surface area contributed by atoms with Gasteiger partial charge in [0.05, 0.1) is 30.3 Å². The molecule has 0 saturated carbocycles. The van der Waals surface area contributed by atoms with Crippen molar-refractivity contribution in [1.29, 1.82) is 0 Å². The van der Waals surface area contributed by atoms with Crippen molar-refractivity contribution in [2.75, 3.05) is 33.3 Å². The summed E-state index contributed by atoms with van der Waals surface area (Å²) in [5, 5.41) is 5.06. The maximum absolute atomic E-state index is 13.3. The molecule has 1 aromatic heterocycles. The largest absolute Gasteiger partial charge is 0.468 e. The van der Waals surface area contributed by atoms with Crippen LogP contribution in [0.2, 0.25) is 5.02 Å². The minimum atomic E-state index is -0.532. The molecule has 4 rings (SSSR count). The van der Waals surface area contributed by atoms with Crippen LogP contribution in [0, 0.1) is 13.8 Å². The number of hydrogen-bond acceptors (Lipinski definition) is 5. The fourth-order valence-corrected chi connectivity index (χ4v) is 4.37. The summed E-state index contributed by atoms with van der Waals surface area (Å²) in [4.78, 5) is 29.7. The monoisotopic (exact) mass is 466 g/mol. The Morgan fingerprint density at radius 1 is 1.03 bits per heavy atom. The Morgan fingerprint density at radius 3 is 2.36 bits per heavy atom. The third-order valence-corrected chi connectivity index (χ3v) is 6.32. The van der Waals surface area contributed by atoms with Gasteiger partial charge in [0.2, 0.25) is 0 Å². The van der Waals surface area contributed by atoms with E-state index in [0.717, 1.165) is 22.5 Å². The maximum atomic E-state index is 13.3. The van der Waals surface area contributed by atoms with Crippen molar-refractivity contribution in [3.63, 3.8) is 0 Å². The van der Waals surface area contributed by atoms with E-state index in [9.17, 15) is 9.59 Å². The molecule has 0 aliphatic carbocycles. The molecular weight excluding hydrogens is 440 g/mol. The topological polar surface area (TPSA) is 67.7 Å². The molecule has 2 heterocycles. The predicted octanol–water partition coefficient (Wildman–Crippen LogP) is 3.81. The van der Waals surface area contributed by atoms with Gasteiger partial charge in [-0.05, 0) is 49.2 Å². The van der Waals surface area contributed by atoms with Crippen molar-refractivity contribution in [3.8, 4) is 5.69 Å². The van der Waals surface area contributed by atoms with Crippen molar-refractivity contribution in [3.05, 3.63) is 82.1 Å². The molecule has 2 aromatic carbocycles. The van der Waals surface area contributed by atoms with Crippen LogP contribution in [-0.4, -0.2) is 64.7 Å². The number of carbonyl (C=O) groups excluding carboxylic acids is 2. The number of aromatic nitrogens is 2. The van der Waals surface area contributed by atoms with E-state index in [1.54, 1.807) is 23.0 Å². The van der Waals surface area contributed by atoms with Crippen LogP contribution in [-0.2, 0) is 9.53 Å². The number of esters is 1. The normalized spacial score (nSPS) is 15.3. The Balaban J connectivity index is 1.48. The first-order valence-electron chi connectivity index (χ1n) is 10.9. The number of carbonyl (C=O) groups is 2. The summed E-state index contributed by atoms with van der Waals surface area (Å²) in [5.41, 5.74) is 4.28. The van der Waals surface area contributed by atoms with Gasteiger partial charge in [-0.2, -0.15) is 5.10 Å². The van der Waals surface area contributed by atoms with Gasteiger partial charge in [-0.3, -0.25) is 9.69 Å². The van der Waals surface area contributed by atoms with Gasteiger partial charge in [-0.15, -0.1) is 0 Å². The lowest BCUT2D eigenvalue weighted by Crippen LogP contribution is -2.51. The second-order valence-corrected chi connectivity index (χ2v) is 8.64. The van der Waals surface area contributed by atoms with Crippen LogP contribution >= 0.6 is 11.6 Å². The van der Waals surface area contributed by atoms with E-state index < -0.39 is 6.04 Å². The van der Waals surface area contributed by atoms with Gasteiger partial charge >= 0.3 is 5.97 Å². The molecule has 1 unspecified atom stereocenters. The molecule has 1 aliphatic heterocycles. The van der Waals surface area contributed by atoms with Crippen molar-refractivity contribution in [1.82, 2.24) is 19.6 Å². The number of amides is 1. The number of rotatable bonds is 5. The zero-order chi connectivity index (χ0) is 23.5. The minimum Gasteiger partial charge on any atom is -0.468 e. The molecule has 0 N–H and O–H groups in total. The lowest BCUT2D eigenvalue weighted by molar-refractivity contribution is -0.148. The second-order valence-electron chi connectivity index (χ2n) is 8.20. The van der Waals surface area contributed by atoms with Crippen LogP contribution in [0.3, 0.4) is 0 Å². The molecule has 1 fully saturated rings. The standard InChI is InChI=1S/C25H27ClN4O3/c1-17-5-4-6-21(15-17)30-18(2)22(16-27-30)24(31)29-13-11-28(12-14-29)23(25(32)33-3)19-7-9-20(26)10-8-19/h4-10,15-16,23H,11-14H2,1-3H3. The third-order valence-electron chi connectivity index (χ3n) is 6.06. The maximum Gasteiger partial charge on any atom is 0.327 e. The van der Waals surface area contributed by atoms with E-state index >= 15 is 0 Å². The molecule has 3 aromatic rings. The number of benzene rings is 2. The SMILES string of the molecule is COC(=O)C(c1ccc(Cl)cc1)N1CCN(C(=O)c2cnn(-c3cccc(C)c3)c2C)CC1. The van der Waals surface area contributed by atoms with E-state index in [4.69, 9.17) is 16.3 Å². The molecule has 0 spiro atoms. The van der Waals surface area contributed by atoms with Gasteiger partial charge in [-0.25, -0.2) is 9.48 Å². The minimum absolute atomic E-state index is 0.0489. The molecule has 0 radical (unpaired) electrons. The number of methoxy groups -OCH3 is 1. The smallest absolute Gasteiger partial charge is 0.327 e. The van der Waals surface area contributed by atoms with Crippen LogP contribution in [0.25, 0.3) is 5.69 Å². The number of nitrogens with zero attached hydrogens (tertiary/aromatic N) is 4. The van der Waals surface area contributed by atoms with Crippen LogP contribution in [0.15, 0.2) is 54.7 Å². The zero-order valence-electron chi connectivity index (χ0n) is 19.0. The Bertz CT molecular complexity index is 1150. The van der Waals surface area contributed by atoms with Gasteiger partial charge < -0.3 is 9.64 Å². The number of ether oxygens (including phenoxy) is 1. The summed E-state index contributed by atoms with van der Waals surface area (Å²) in [5.74, 6) is -0.375. The van der Waals surface area contributed by atoms with E-state index in [2.05, 4.69) is 5.10 Å². The molecule has 172 valence electrons. The quantitative estimate of drug-likeness (QED) is 0.535. The van der Waals surface area contributed by atoms with Crippen LogP contribution in [0.5, 0.6) is 0 Å². The van der Waals surface area contributed by atoms with Crippen molar-refractivity contribution in [2.45, 2.75) is 19.9 Å². The second kappa shape index (κ2) is 9.77. The Morgan fingerprint density at radius 2 is 1.73 bits per heavy atom. The lowest BCUT2D eigenvalue weighted by Gasteiger charge is -2.38. The predicted molar refractivity (Wildman–Crippen MR) is 127 cm³/mol. The molecule has 0 bridgehead atoms. The number of halogens is 1. The molecule has 1 saturated heterocycles. The fraction of sp³-hybridized carbons (Fsp3) is 0.320. The highest BCUT2D eigenvalue weighted by molar-refractivity contribution is 6.30. The summed E-state index contributed by atoms with van der Waals surface area (Å²) in [6.07, 6.45) is 1.64. The Labute approximate surface area is 198 Å². The lowest BCUT2D eigenvalue weighted by atomic mass is 10.0. The van der Waals surface area contributed by atoms with Gasteiger partial charge in [0.15, 0.2) is 0 Å². The van der Waals surface area contributed by atoms with E-state index in [1.165, 1.54) is 7.11 Å². The van der Waals surface area contributed by atoms with Gasteiger partial charge in [0, 0.05) is 31.2 Å². The van der Waals surface area contributed by atoms with Crippen LogP contribution in [0.1, 0.15) is 33.2 Å². The van der Waals surface area contributed by atoms with E-state index in [0.29, 0.717) is 36.8 Å². The molecule has 1 aliphatic rings. The highest BCUT2D eigenvalue weighted by Crippen LogP contribution is 2.26. The number of piperazine rings is 1. The first-order valence-corrected chi connectivity index (χ1v) is 11.2. The zero-order valence-corrected chi connectivity index (χ0v) is 19.7. The van der Waals surface area contributed by atoms with Crippen molar-refractivity contribution in [2.24, 2.45) is 0 Å². The Kier molecular flexibility index (Phi) is 6.81. The summed E-state index contributed by atoms with van der Waals surface area (Å²) >= 11 is 6.01. The first-order chi connectivity index (χ1) is 15.9. The number of aryl methyl sites for hydroxylation is 1. The number of hydrogen-bond donors (Lipinski definition) is 0. The molecule has 1 atom stereocenters.